The summed E-state index contributed by atoms with van der Waals surface area (Å²) in [6.07, 6.45) is 0.845. The van der Waals surface area contributed by atoms with Crippen molar-refractivity contribution in [1.82, 2.24) is 15.1 Å². The van der Waals surface area contributed by atoms with Crippen molar-refractivity contribution in [2.75, 3.05) is 32.7 Å². The molecule has 1 aromatic rings. The van der Waals surface area contributed by atoms with Gasteiger partial charge in [0.2, 0.25) is 12.3 Å². The quantitative estimate of drug-likeness (QED) is 0.791. The molecule has 0 saturated carbocycles. The van der Waals surface area contributed by atoms with Gasteiger partial charge in [-0.1, -0.05) is 29.8 Å². The minimum absolute atomic E-state index is 0.100. The van der Waals surface area contributed by atoms with Gasteiger partial charge in [-0.3, -0.25) is 9.59 Å². The molecule has 1 aromatic carbocycles. The summed E-state index contributed by atoms with van der Waals surface area (Å²) in [6, 6.07) is 8.24. The summed E-state index contributed by atoms with van der Waals surface area (Å²) in [6.45, 7) is 5.62. The van der Waals surface area contributed by atoms with Crippen molar-refractivity contribution in [2.45, 2.75) is 13.5 Å². The van der Waals surface area contributed by atoms with E-state index in [4.69, 9.17) is 0 Å². The van der Waals surface area contributed by atoms with Crippen LogP contribution in [-0.2, 0) is 16.1 Å². The molecule has 0 aliphatic carbocycles. The first-order valence-corrected chi connectivity index (χ1v) is 6.92. The molecular weight excluding hydrogens is 254 g/mol. The van der Waals surface area contributed by atoms with Crippen LogP contribution in [0, 0.1) is 6.92 Å². The zero-order chi connectivity index (χ0) is 14.4. The van der Waals surface area contributed by atoms with E-state index in [1.54, 1.807) is 4.90 Å². The molecule has 2 amide bonds. The Balaban J connectivity index is 1.71. The van der Waals surface area contributed by atoms with Crippen molar-refractivity contribution in [2.24, 2.45) is 0 Å². The van der Waals surface area contributed by atoms with Gasteiger partial charge < -0.3 is 15.1 Å². The molecule has 108 valence electrons. The summed E-state index contributed by atoms with van der Waals surface area (Å²) >= 11 is 0. The first-order valence-electron chi connectivity index (χ1n) is 6.92. The normalized spacial score (nSPS) is 15.2. The molecule has 1 N–H and O–H groups in total. The van der Waals surface area contributed by atoms with E-state index >= 15 is 0 Å². The van der Waals surface area contributed by atoms with Gasteiger partial charge in [0.05, 0.1) is 6.54 Å². The summed E-state index contributed by atoms with van der Waals surface area (Å²) in [7, 11) is 0. The molecule has 0 unspecified atom stereocenters. The molecule has 5 nitrogen and oxygen atoms in total. The van der Waals surface area contributed by atoms with Gasteiger partial charge in [0.1, 0.15) is 0 Å². The highest BCUT2D eigenvalue weighted by molar-refractivity contribution is 5.78. The summed E-state index contributed by atoms with van der Waals surface area (Å²) < 4.78 is 0. The predicted molar refractivity (Wildman–Crippen MR) is 77.1 cm³/mol. The van der Waals surface area contributed by atoms with Crippen molar-refractivity contribution in [3.05, 3.63) is 35.4 Å². The fourth-order valence-corrected chi connectivity index (χ4v) is 2.32. The van der Waals surface area contributed by atoms with Crippen molar-refractivity contribution >= 4 is 12.3 Å². The van der Waals surface area contributed by atoms with Gasteiger partial charge >= 0.3 is 0 Å². The second-order valence-corrected chi connectivity index (χ2v) is 5.11. The molecule has 1 saturated heterocycles. The van der Waals surface area contributed by atoms with Crippen molar-refractivity contribution < 1.29 is 9.59 Å². The van der Waals surface area contributed by atoms with Crippen LogP contribution in [0.5, 0.6) is 0 Å². The Morgan fingerprint density at radius 3 is 2.70 bits per heavy atom. The third kappa shape index (κ3) is 4.06. The number of nitrogens with one attached hydrogen (secondary N) is 1. The first kappa shape index (κ1) is 14.5. The number of aryl methyl sites for hydroxylation is 1. The van der Waals surface area contributed by atoms with Gasteiger partial charge in [-0.2, -0.15) is 0 Å². The average molecular weight is 275 g/mol. The maximum Gasteiger partial charge on any atom is 0.236 e. The maximum atomic E-state index is 12.0. The number of benzene rings is 1. The molecule has 5 heteroatoms. The van der Waals surface area contributed by atoms with Crippen LogP contribution in [0.3, 0.4) is 0 Å². The Kier molecular flexibility index (Phi) is 5.12. The summed E-state index contributed by atoms with van der Waals surface area (Å²) in [4.78, 5) is 26.1. The van der Waals surface area contributed by atoms with E-state index in [9.17, 15) is 9.59 Å². The Morgan fingerprint density at radius 1 is 1.30 bits per heavy atom. The van der Waals surface area contributed by atoms with Gasteiger partial charge in [-0.05, 0) is 12.5 Å². The van der Waals surface area contributed by atoms with Gasteiger partial charge in [-0.15, -0.1) is 0 Å². The fraction of sp³-hybridized carbons (Fsp3) is 0.467. The Hall–Kier alpha value is -1.88. The maximum absolute atomic E-state index is 12.0. The molecule has 0 spiro atoms. The predicted octanol–water partition coefficient (Wildman–Crippen LogP) is 0.385. The van der Waals surface area contributed by atoms with Crippen molar-refractivity contribution in [3.8, 4) is 0 Å². The van der Waals surface area contributed by atoms with Gasteiger partial charge in [0, 0.05) is 32.7 Å². The molecule has 1 heterocycles. The highest BCUT2D eigenvalue weighted by atomic mass is 16.2. The monoisotopic (exact) mass is 275 g/mol. The fourth-order valence-electron chi connectivity index (χ4n) is 2.32. The number of piperazine rings is 1. The number of amides is 2. The lowest BCUT2D eigenvalue weighted by Gasteiger charge is -2.32. The minimum Gasteiger partial charge on any atom is -0.342 e. The summed E-state index contributed by atoms with van der Waals surface area (Å²) in [5.41, 5.74) is 2.41. The van der Waals surface area contributed by atoms with E-state index in [0.29, 0.717) is 39.3 Å². The number of carbonyl (C=O) groups is 2. The van der Waals surface area contributed by atoms with Crippen molar-refractivity contribution in [3.63, 3.8) is 0 Å². The lowest BCUT2D eigenvalue weighted by atomic mass is 10.1. The van der Waals surface area contributed by atoms with Gasteiger partial charge in [0.15, 0.2) is 0 Å². The third-order valence-corrected chi connectivity index (χ3v) is 3.50. The molecule has 0 bridgehead atoms. The van der Waals surface area contributed by atoms with Crippen LogP contribution in [0.15, 0.2) is 24.3 Å². The van der Waals surface area contributed by atoms with Crippen LogP contribution < -0.4 is 5.32 Å². The number of hydrogen-bond acceptors (Lipinski definition) is 3. The highest BCUT2D eigenvalue weighted by Gasteiger charge is 2.19. The number of hydrogen-bond donors (Lipinski definition) is 1. The van der Waals surface area contributed by atoms with Gasteiger partial charge in [0.25, 0.3) is 0 Å². The Bertz CT molecular complexity index is 468. The number of rotatable bonds is 5. The molecule has 2 rings (SSSR count). The van der Waals surface area contributed by atoms with Crippen LogP contribution >= 0.6 is 0 Å². The molecule has 0 aromatic heterocycles. The zero-order valence-electron chi connectivity index (χ0n) is 11.8. The minimum atomic E-state index is 0.100. The van der Waals surface area contributed by atoms with Crippen molar-refractivity contribution in [1.29, 1.82) is 0 Å². The molecule has 0 radical (unpaired) electrons. The van der Waals surface area contributed by atoms with E-state index in [1.165, 1.54) is 11.1 Å². The SMILES string of the molecule is Cc1cccc(CNCC(=O)N2CCN(C=O)CC2)c1. The first-order chi connectivity index (χ1) is 9.69. The Labute approximate surface area is 119 Å². The molecule has 1 fully saturated rings. The third-order valence-electron chi connectivity index (χ3n) is 3.50. The van der Waals surface area contributed by atoms with E-state index in [0.717, 1.165) is 6.41 Å². The molecule has 1 aliphatic heterocycles. The van der Waals surface area contributed by atoms with Crippen LogP contribution in [-0.4, -0.2) is 54.8 Å². The van der Waals surface area contributed by atoms with Crippen LogP contribution in [0.1, 0.15) is 11.1 Å². The van der Waals surface area contributed by atoms with Gasteiger partial charge in [-0.25, -0.2) is 0 Å². The topological polar surface area (TPSA) is 52.7 Å². The lowest BCUT2D eigenvalue weighted by Crippen LogP contribution is -2.50. The standard InChI is InChI=1S/C15H21N3O2/c1-13-3-2-4-14(9-13)10-16-11-15(20)18-7-5-17(12-19)6-8-18/h2-4,9,12,16H,5-8,10-11H2,1H3. The van der Waals surface area contributed by atoms with E-state index in [2.05, 4.69) is 24.4 Å². The molecule has 20 heavy (non-hydrogen) atoms. The smallest absolute Gasteiger partial charge is 0.236 e. The highest BCUT2D eigenvalue weighted by Crippen LogP contribution is 2.03. The summed E-state index contributed by atoms with van der Waals surface area (Å²) in [5.74, 6) is 0.100. The second kappa shape index (κ2) is 7.05. The zero-order valence-corrected chi connectivity index (χ0v) is 11.8. The van der Waals surface area contributed by atoms with E-state index in [-0.39, 0.29) is 5.91 Å². The molecular formula is C15H21N3O2. The second-order valence-electron chi connectivity index (χ2n) is 5.11. The van der Waals surface area contributed by atoms with Crippen LogP contribution in [0.2, 0.25) is 0 Å². The van der Waals surface area contributed by atoms with Crippen LogP contribution in [0.25, 0.3) is 0 Å². The number of carbonyl (C=O) groups excluding carboxylic acids is 2. The molecule has 0 atom stereocenters. The lowest BCUT2D eigenvalue weighted by molar-refractivity contribution is -0.134. The number of nitrogens with zero attached hydrogens (tertiary/aromatic N) is 2. The average Bonchev–Trinajstić information content (AvgIpc) is 2.47. The Morgan fingerprint density at radius 2 is 2.05 bits per heavy atom. The largest absolute Gasteiger partial charge is 0.342 e. The van der Waals surface area contributed by atoms with E-state index < -0.39 is 0 Å². The van der Waals surface area contributed by atoms with Crippen LogP contribution in [0.4, 0.5) is 0 Å². The molecule has 1 aliphatic rings. The summed E-state index contributed by atoms with van der Waals surface area (Å²) in [5, 5.41) is 3.18. The van der Waals surface area contributed by atoms with E-state index in [1.807, 2.05) is 17.0 Å².